The van der Waals surface area contributed by atoms with Crippen LogP contribution < -0.4 is 4.74 Å². The molecule has 2 rings (SSSR count). The molecule has 0 aliphatic rings. The molecule has 0 spiro atoms. The molecule has 18 heavy (non-hydrogen) atoms. The van der Waals surface area contributed by atoms with Gasteiger partial charge in [-0.3, -0.25) is 0 Å². The SMILES string of the molecule is CCc1sc(=S)[nH]c1-c1cc(C)cc(C)c1OC. The largest absolute Gasteiger partial charge is 0.496 e. The van der Waals surface area contributed by atoms with Crippen molar-refractivity contribution in [1.29, 1.82) is 0 Å². The molecule has 1 aromatic carbocycles. The molecule has 0 saturated heterocycles. The summed E-state index contributed by atoms with van der Waals surface area (Å²) in [5.41, 5.74) is 4.60. The second-order valence-corrected chi connectivity index (χ2v) is 6.10. The van der Waals surface area contributed by atoms with E-state index in [1.807, 2.05) is 0 Å². The number of thiazole rings is 1. The maximum absolute atomic E-state index is 5.54. The van der Waals surface area contributed by atoms with Crippen molar-refractivity contribution >= 4 is 23.6 Å². The topological polar surface area (TPSA) is 25.0 Å². The van der Waals surface area contributed by atoms with E-state index in [4.69, 9.17) is 17.0 Å². The van der Waals surface area contributed by atoms with Crippen molar-refractivity contribution in [3.05, 3.63) is 32.1 Å². The summed E-state index contributed by atoms with van der Waals surface area (Å²) in [5.74, 6) is 0.930. The standard InChI is InChI=1S/C14H17NOS2/c1-5-11-12(15-14(17)18-11)10-7-8(2)6-9(3)13(10)16-4/h6-7H,5H2,1-4H3,(H,15,17). The van der Waals surface area contributed by atoms with Crippen molar-refractivity contribution in [2.45, 2.75) is 27.2 Å². The number of benzene rings is 1. The molecular weight excluding hydrogens is 262 g/mol. The highest BCUT2D eigenvalue weighted by Crippen LogP contribution is 2.36. The zero-order valence-electron chi connectivity index (χ0n) is 11.1. The number of aryl methyl sites for hydroxylation is 3. The number of rotatable bonds is 3. The van der Waals surface area contributed by atoms with Crippen molar-refractivity contribution < 1.29 is 4.74 Å². The Morgan fingerprint density at radius 3 is 2.67 bits per heavy atom. The Kier molecular flexibility index (Phi) is 3.88. The molecule has 1 N–H and O–H groups in total. The van der Waals surface area contributed by atoms with Crippen LogP contribution in [0.3, 0.4) is 0 Å². The third-order valence-electron chi connectivity index (χ3n) is 2.94. The quantitative estimate of drug-likeness (QED) is 0.827. The number of aromatic amines is 1. The summed E-state index contributed by atoms with van der Waals surface area (Å²) in [6, 6.07) is 4.28. The van der Waals surface area contributed by atoms with E-state index in [1.165, 1.54) is 10.4 Å². The lowest BCUT2D eigenvalue weighted by atomic mass is 10.0. The fourth-order valence-corrected chi connectivity index (χ4v) is 3.43. The fourth-order valence-electron chi connectivity index (χ4n) is 2.24. The molecule has 0 bridgehead atoms. The van der Waals surface area contributed by atoms with Crippen LogP contribution in [0.15, 0.2) is 12.1 Å². The van der Waals surface area contributed by atoms with Gasteiger partial charge in [0.05, 0.1) is 12.8 Å². The van der Waals surface area contributed by atoms with Gasteiger partial charge in [0.15, 0.2) is 3.95 Å². The van der Waals surface area contributed by atoms with Crippen molar-refractivity contribution in [3.8, 4) is 17.0 Å². The van der Waals surface area contributed by atoms with Gasteiger partial charge in [0, 0.05) is 10.4 Å². The number of hydrogen-bond acceptors (Lipinski definition) is 3. The first-order chi connectivity index (χ1) is 8.56. The Hall–Kier alpha value is -1.13. The Morgan fingerprint density at radius 2 is 2.06 bits per heavy atom. The van der Waals surface area contributed by atoms with E-state index in [-0.39, 0.29) is 0 Å². The van der Waals surface area contributed by atoms with Crippen LogP contribution in [0.25, 0.3) is 11.3 Å². The Labute approximate surface area is 117 Å². The molecule has 0 unspecified atom stereocenters. The molecule has 1 heterocycles. The van der Waals surface area contributed by atoms with Crippen LogP contribution in [0, 0.1) is 17.8 Å². The van der Waals surface area contributed by atoms with E-state index in [9.17, 15) is 0 Å². The maximum Gasteiger partial charge on any atom is 0.159 e. The number of H-pyrrole nitrogens is 1. The maximum atomic E-state index is 5.54. The summed E-state index contributed by atoms with van der Waals surface area (Å²) in [6.45, 7) is 6.32. The molecular formula is C14H17NOS2. The average molecular weight is 279 g/mol. The zero-order chi connectivity index (χ0) is 13.3. The number of hydrogen-bond donors (Lipinski definition) is 1. The smallest absolute Gasteiger partial charge is 0.159 e. The first kappa shape index (κ1) is 13.3. The summed E-state index contributed by atoms with van der Waals surface area (Å²) in [7, 11) is 1.72. The Bertz CT molecular complexity index is 625. The van der Waals surface area contributed by atoms with Crippen LogP contribution >= 0.6 is 23.6 Å². The predicted molar refractivity (Wildman–Crippen MR) is 80.3 cm³/mol. The predicted octanol–water partition coefficient (Wildman–Crippen LogP) is 4.66. The van der Waals surface area contributed by atoms with Crippen LogP contribution in [0.2, 0.25) is 0 Å². The molecule has 0 radical (unpaired) electrons. The van der Waals surface area contributed by atoms with E-state index in [0.717, 1.165) is 32.9 Å². The van der Waals surface area contributed by atoms with Gasteiger partial charge in [-0.2, -0.15) is 0 Å². The van der Waals surface area contributed by atoms with Gasteiger partial charge in [-0.05, 0) is 49.7 Å². The van der Waals surface area contributed by atoms with Crippen LogP contribution in [-0.4, -0.2) is 12.1 Å². The van der Waals surface area contributed by atoms with Crippen molar-refractivity contribution in [3.63, 3.8) is 0 Å². The second kappa shape index (κ2) is 5.24. The van der Waals surface area contributed by atoms with Gasteiger partial charge in [0.2, 0.25) is 0 Å². The molecule has 0 fully saturated rings. The van der Waals surface area contributed by atoms with Gasteiger partial charge < -0.3 is 9.72 Å². The van der Waals surface area contributed by atoms with Gasteiger partial charge in [0.25, 0.3) is 0 Å². The summed E-state index contributed by atoms with van der Waals surface area (Å²) in [5, 5.41) is 0. The normalized spacial score (nSPS) is 10.7. The molecule has 0 aliphatic carbocycles. The second-order valence-electron chi connectivity index (χ2n) is 4.33. The van der Waals surface area contributed by atoms with Crippen molar-refractivity contribution in [1.82, 2.24) is 4.98 Å². The number of aromatic nitrogens is 1. The van der Waals surface area contributed by atoms with Gasteiger partial charge in [-0.1, -0.05) is 13.0 Å². The van der Waals surface area contributed by atoms with Gasteiger partial charge in [0.1, 0.15) is 5.75 Å². The molecule has 2 aromatic rings. The van der Waals surface area contributed by atoms with Crippen molar-refractivity contribution in [2.75, 3.05) is 7.11 Å². The van der Waals surface area contributed by atoms with Crippen LogP contribution in [0.5, 0.6) is 5.75 Å². The van der Waals surface area contributed by atoms with Gasteiger partial charge in [-0.25, -0.2) is 0 Å². The molecule has 2 nitrogen and oxygen atoms in total. The van der Waals surface area contributed by atoms with Crippen LogP contribution in [0.4, 0.5) is 0 Å². The third-order valence-corrected chi connectivity index (χ3v) is 4.31. The fraction of sp³-hybridized carbons (Fsp3) is 0.357. The lowest BCUT2D eigenvalue weighted by Crippen LogP contribution is -1.94. The van der Waals surface area contributed by atoms with E-state index in [2.05, 4.69) is 37.9 Å². The number of nitrogens with one attached hydrogen (secondary N) is 1. The van der Waals surface area contributed by atoms with Crippen LogP contribution in [0.1, 0.15) is 22.9 Å². The highest BCUT2D eigenvalue weighted by molar-refractivity contribution is 7.73. The van der Waals surface area contributed by atoms with E-state index < -0.39 is 0 Å². The van der Waals surface area contributed by atoms with E-state index in [0.29, 0.717) is 0 Å². The summed E-state index contributed by atoms with van der Waals surface area (Å²) in [6.07, 6.45) is 0.975. The Balaban J connectivity index is 2.73. The Morgan fingerprint density at radius 1 is 1.33 bits per heavy atom. The summed E-state index contributed by atoms with van der Waals surface area (Å²) < 4.78 is 6.37. The minimum Gasteiger partial charge on any atom is -0.496 e. The summed E-state index contributed by atoms with van der Waals surface area (Å²) >= 11 is 6.90. The monoisotopic (exact) mass is 279 g/mol. The summed E-state index contributed by atoms with van der Waals surface area (Å²) in [4.78, 5) is 4.58. The van der Waals surface area contributed by atoms with Crippen molar-refractivity contribution in [2.24, 2.45) is 0 Å². The lowest BCUT2D eigenvalue weighted by Gasteiger charge is -2.12. The van der Waals surface area contributed by atoms with Gasteiger partial charge in [-0.15, -0.1) is 11.3 Å². The van der Waals surface area contributed by atoms with Crippen LogP contribution in [-0.2, 0) is 6.42 Å². The number of methoxy groups -OCH3 is 1. The average Bonchev–Trinajstić information content (AvgIpc) is 2.69. The van der Waals surface area contributed by atoms with E-state index >= 15 is 0 Å². The molecule has 96 valence electrons. The lowest BCUT2D eigenvalue weighted by molar-refractivity contribution is 0.413. The molecule has 0 saturated carbocycles. The minimum atomic E-state index is 0.822. The molecule has 0 aliphatic heterocycles. The third kappa shape index (κ3) is 2.35. The molecule has 1 aromatic heterocycles. The highest BCUT2D eigenvalue weighted by atomic mass is 32.1. The minimum absolute atomic E-state index is 0.822. The van der Waals surface area contributed by atoms with E-state index in [1.54, 1.807) is 18.4 Å². The first-order valence-corrected chi connectivity index (χ1v) is 7.16. The molecule has 4 heteroatoms. The highest BCUT2D eigenvalue weighted by Gasteiger charge is 2.14. The molecule has 0 atom stereocenters. The number of ether oxygens (including phenoxy) is 1. The molecule has 0 amide bonds. The van der Waals surface area contributed by atoms with Gasteiger partial charge >= 0.3 is 0 Å². The first-order valence-electron chi connectivity index (χ1n) is 5.94. The zero-order valence-corrected chi connectivity index (χ0v) is 12.7.